The molecule has 0 aromatic heterocycles. The van der Waals surface area contributed by atoms with Gasteiger partial charge in [-0.05, 0) is 24.6 Å². The molecular formula is C14H19ClN4O2S. The minimum absolute atomic E-state index is 0.0372. The standard InChI is InChI=1S/C14H19ClN4O2S/c1-10(12-7-11(9-16)8-13(17)14(12)15)18-3-5-19(6-4-18)22(2,20)21/h7-8,10H,3-6,17H2,1-2H3. The molecule has 22 heavy (non-hydrogen) atoms. The van der Waals surface area contributed by atoms with Gasteiger partial charge in [0.15, 0.2) is 0 Å². The van der Waals surface area contributed by atoms with E-state index in [1.165, 1.54) is 10.6 Å². The van der Waals surface area contributed by atoms with Crippen molar-refractivity contribution in [3.63, 3.8) is 0 Å². The van der Waals surface area contributed by atoms with Crippen LogP contribution in [0.2, 0.25) is 5.02 Å². The van der Waals surface area contributed by atoms with Gasteiger partial charge >= 0.3 is 0 Å². The summed E-state index contributed by atoms with van der Waals surface area (Å²) in [6.07, 6.45) is 1.22. The molecule has 0 bridgehead atoms. The molecule has 1 aromatic carbocycles. The van der Waals surface area contributed by atoms with Gasteiger partial charge in [0.25, 0.3) is 0 Å². The number of benzene rings is 1. The Hall–Kier alpha value is -1.33. The minimum Gasteiger partial charge on any atom is -0.397 e. The summed E-state index contributed by atoms with van der Waals surface area (Å²) in [5.41, 5.74) is 7.51. The molecule has 1 saturated heterocycles. The minimum atomic E-state index is -3.15. The second-order valence-electron chi connectivity index (χ2n) is 5.45. The molecular weight excluding hydrogens is 324 g/mol. The molecule has 1 unspecified atom stereocenters. The molecule has 6 nitrogen and oxygen atoms in total. The molecule has 1 aromatic rings. The SMILES string of the molecule is CC(c1cc(C#N)cc(N)c1Cl)N1CCN(S(C)(=O)=O)CC1. The molecule has 1 atom stereocenters. The predicted octanol–water partition coefficient (Wildman–Crippen LogP) is 1.43. The summed E-state index contributed by atoms with van der Waals surface area (Å²) in [6, 6.07) is 5.34. The van der Waals surface area contributed by atoms with E-state index in [-0.39, 0.29) is 6.04 Å². The lowest BCUT2D eigenvalue weighted by atomic mass is 10.0. The Bertz CT molecular complexity index is 706. The van der Waals surface area contributed by atoms with Crippen LogP contribution in [0.5, 0.6) is 0 Å². The van der Waals surface area contributed by atoms with E-state index >= 15 is 0 Å². The zero-order valence-electron chi connectivity index (χ0n) is 12.6. The lowest BCUT2D eigenvalue weighted by Gasteiger charge is -2.37. The Labute approximate surface area is 136 Å². The third-order valence-electron chi connectivity index (χ3n) is 4.00. The highest BCUT2D eigenvalue weighted by Crippen LogP contribution is 2.33. The van der Waals surface area contributed by atoms with Crippen LogP contribution in [0.15, 0.2) is 12.1 Å². The van der Waals surface area contributed by atoms with Gasteiger partial charge in [0, 0.05) is 32.2 Å². The lowest BCUT2D eigenvalue weighted by Crippen LogP contribution is -2.48. The van der Waals surface area contributed by atoms with Gasteiger partial charge in [0.05, 0.1) is 28.6 Å². The van der Waals surface area contributed by atoms with Crippen LogP contribution < -0.4 is 5.73 Å². The first-order valence-corrected chi connectivity index (χ1v) is 9.15. The number of hydrogen-bond donors (Lipinski definition) is 1. The van der Waals surface area contributed by atoms with Crippen molar-refractivity contribution in [3.8, 4) is 6.07 Å². The summed E-state index contributed by atoms with van der Waals surface area (Å²) in [5.74, 6) is 0. The van der Waals surface area contributed by atoms with Crippen molar-refractivity contribution in [2.75, 3.05) is 38.2 Å². The number of sulfonamides is 1. The fourth-order valence-electron chi connectivity index (χ4n) is 2.66. The lowest BCUT2D eigenvalue weighted by molar-refractivity contribution is 0.146. The highest BCUT2D eigenvalue weighted by molar-refractivity contribution is 7.88. The number of nitriles is 1. The fraction of sp³-hybridized carbons (Fsp3) is 0.500. The van der Waals surface area contributed by atoms with Crippen LogP contribution in [0.1, 0.15) is 24.1 Å². The van der Waals surface area contributed by atoms with Crippen LogP contribution in [-0.2, 0) is 10.0 Å². The molecule has 1 heterocycles. The van der Waals surface area contributed by atoms with Crippen molar-refractivity contribution in [2.45, 2.75) is 13.0 Å². The van der Waals surface area contributed by atoms with Gasteiger partial charge in [-0.15, -0.1) is 0 Å². The third kappa shape index (κ3) is 3.52. The van der Waals surface area contributed by atoms with Crippen molar-refractivity contribution in [3.05, 3.63) is 28.3 Å². The summed E-state index contributed by atoms with van der Waals surface area (Å²) in [7, 11) is -3.15. The number of piperazine rings is 1. The second-order valence-corrected chi connectivity index (χ2v) is 7.81. The maximum atomic E-state index is 11.5. The van der Waals surface area contributed by atoms with E-state index in [4.69, 9.17) is 22.6 Å². The highest BCUT2D eigenvalue weighted by Gasteiger charge is 2.27. The van der Waals surface area contributed by atoms with Crippen LogP contribution in [0.25, 0.3) is 0 Å². The molecule has 1 fully saturated rings. The van der Waals surface area contributed by atoms with Crippen LogP contribution in [-0.4, -0.2) is 50.1 Å². The molecule has 8 heteroatoms. The first-order valence-electron chi connectivity index (χ1n) is 6.92. The quantitative estimate of drug-likeness (QED) is 0.839. The maximum absolute atomic E-state index is 11.5. The molecule has 120 valence electrons. The number of nitrogens with zero attached hydrogens (tertiary/aromatic N) is 3. The second kappa shape index (κ2) is 6.42. The number of hydrogen-bond acceptors (Lipinski definition) is 5. The Kier molecular flexibility index (Phi) is 4.97. The van der Waals surface area contributed by atoms with Gasteiger partial charge in [0.1, 0.15) is 0 Å². The molecule has 1 aliphatic heterocycles. The largest absolute Gasteiger partial charge is 0.397 e. The Balaban J connectivity index is 2.19. The molecule has 0 radical (unpaired) electrons. The number of nitrogen functional groups attached to an aromatic ring is 1. The molecule has 1 aliphatic rings. The summed E-state index contributed by atoms with van der Waals surface area (Å²) in [5, 5.41) is 9.51. The van der Waals surface area contributed by atoms with Gasteiger partial charge < -0.3 is 5.73 Å². The Morgan fingerprint density at radius 1 is 1.32 bits per heavy atom. The van der Waals surface area contributed by atoms with E-state index in [2.05, 4.69) is 11.0 Å². The van der Waals surface area contributed by atoms with E-state index in [1.807, 2.05) is 6.92 Å². The fourth-order valence-corrected chi connectivity index (χ4v) is 3.75. The van der Waals surface area contributed by atoms with Crippen molar-refractivity contribution in [2.24, 2.45) is 0 Å². The highest BCUT2D eigenvalue weighted by atomic mass is 35.5. The van der Waals surface area contributed by atoms with E-state index < -0.39 is 10.0 Å². The monoisotopic (exact) mass is 342 g/mol. The number of anilines is 1. The van der Waals surface area contributed by atoms with Gasteiger partial charge in [0.2, 0.25) is 10.0 Å². The summed E-state index contributed by atoms with van der Waals surface area (Å²) in [6.45, 7) is 4.11. The molecule has 0 amide bonds. The molecule has 2 rings (SSSR count). The predicted molar refractivity (Wildman–Crippen MR) is 87.0 cm³/mol. The van der Waals surface area contributed by atoms with Gasteiger partial charge in [-0.3, -0.25) is 4.90 Å². The van der Waals surface area contributed by atoms with E-state index in [1.54, 1.807) is 12.1 Å². The zero-order valence-corrected chi connectivity index (χ0v) is 14.2. The normalized spacial score (nSPS) is 18.8. The summed E-state index contributed by atoms with van der Waals surface area (Å²) >= 11 is 6.27. The van der Waals surface area contributed by atoms with Gasteiger partial charge in [-0.1, -0.05) is 11.6 Å². The van der Waals surface area contributed by atoms with Crippen molar-refractivity contribution < 1.29 is 8.42 Å². The van der Waals surface area contributed by atoms with E-state index in [0.717, 1.165) is 5.56 Å². The van der Waals surface area contributed by atoms with E-state index in [9.17, 15) is 8.42 Å². The number of halogens is 1. The van der Waals surface area contributed by atoms with Crippen molar-refractivity contribution in [1.29, 1.82) is 5.26 Å². The first kappa shape index (κ1) is 17.0. The third-order valence-corrected chi connectivity index (χ3v) is 5.74. The van der Waals surface area contributed by atoms with E-state index in [0.29, 0.717) is 42.5 Å². The van der Waals surface area contributed by atoms with Gasteiger partial charge in [-0.25, -0.2) is 8.42 Å². The molecule has 0 saturated carbocycles. The molecule has 0 aliphatic carbocycles. The van der Waals surface area contributed by atoms with Crippen LogP contribution in [0.4, 0.5) is 5.69 Å². The molecule has 2 N–H and O–H groups in total. The average molecular weight is 343 g/mol. The number of nitrogens with two attached hydrogens (primary N) is 1. The average Bonchev–Trinajstić information content (AvgIpc) is 2.48. The Morgan fingerprint density at radius 3 is 2.41 bits per heavy atom. The zero-order chi connectivity index (χ0) is 16.5. The summed E-state index contributed by atoms with van der Waals surface area (Å²) in [4.78, 5) is 2.14. The van der Waals surface area contributed by atoms with Crippen molar-refractivity contribution in [1.82, 2.24) is 9.21 Å². The van der Waals surface area contributed by atoms with Crippen LogP contribution in [0.3, 0.4) is 0 Å². The van der Waals surface area contributed by atoms with Gasteiger partial charge in [-0.2, -0.15) is 9.57 Å². The maximum Gasteiger partial charge on any atom is 0.211 e. The topological polar surface area (TPSA) is 90.4 Å². The number of rotatable bonds is 3. The first-order chi connectivity index (χ1) is 10.2. The summed E-state index contributed by atoms with van der Waals surface area (Å²) < 4.78 is 24.6. The molecule has 0 spiro atoms. The smallest absolute Gasteiger partial charge is 0.211 e. The Morgan fingerprint density at radius 2 is 1.91 bits per heavy atom. The van der Waals surface area contributed by atoms with Crippen molar-refractivity contribution >= 4 is 27.3 Å². The van der Waals surface area contributed by atoms with Crippen LogP contribution in [0, 0.1) is 11.3 Å². The van der Waals surface area contributed by atoms with Crippen LogP contribution >= 0.6 is 11.6 Å².